The Balaban J connectivity index is 2.12. The van der Waals surface area contributed by atoms with Crippen LogP contribution in [0.2, 0.25) is 0 Å². The highest BCUT2D eigenvalue weighted by atomic mass is 16.5. The summed E-state index contributed by atoms with van der Waals surface area (Å²) in [4.78, 5) is 23.2. The summed E-state index contributed by atoms with van der Waals surface area (Å²) in [5, 5.41) is 0. The summed E-state index contributed by atoms with van der Waals surface area (Å²) in [5.41, 5.74) is 1.12. The standard InChI is InChI=1S/C18H18O4/c1-12(2)21-16-8-4-14(5-9-16)18(20)15-6-10-17(11-7-15)22-13(3)19/h4-12H,1-3H3. The van der Waals surface area contributed by atoms with Crippen LogP contribution in [0.1, 0.15) is 36.7 Å². The van der Waals surface area contributed by atoms with Crippen LogP contribution in [0.4, 0.5) is 0 Å². The molecular formula is C18H18O4. The fraction of sp³-hybridized carbons (Fsp3) is 0.222. The topological polar surface area (TPSA) is 52.6 Å². The number of hydrogen-bond acceptors (Lipinski definition) is 4. The van der Waals surface area contributed by atoms with Crippen LogP contribution in [-0.2, 0) is 4.79 Å². The van der Waals surface area contributed by atoms with E-state index in [0.29, 0.717) is 16.9 Å². The van der Waals surface area contributed by atoms with Gasteiger partial charge in [0.05, 0.1) is 6.10 Å². The molecule has 0 amide bonds. The average molecular weight is 298 g/mol. The Hall–Kier alpha value is -2.62. The van der Waals surface area contributed by atoms with Crippen molar-refractivity contribution in [2.45, 2.75) is 26.9 Å². The third-order valence-electron chi connectivity index (χ3n) is 2.87. The molecule has 4 heteroatoms. The number of carbonyl (C=O) groups excluding carboxylic acids is 2. The molecule has 0 aliphatic heterocycles. The predicted octanol–water partition coefficient (Wildman–Crippen LogP) is 3.63. The molecule has 0 bridgehead atoms. The van der Waals surface area contributed by atoms with Crippen molar-refractivity contribution in [3.63, 3.8) is 0 Å². The summed E-state index contributed by atoms with van der Waals surface area (Å²) in [7, 11) is 0. The molecule has 0 spiro atoms. The van der Waals surface area contributed by atoms with Gasteiger partial charge < -0.3 is 9.47 Å². The molecule has 0 heterocycles. The third-order valence-corrected chi connectivity index (χ3v) is 2.87. The molecule has 0 radical (unpaired) electrons. The van der Waals surface area contributed by atoms with Crippen molar-refractivity contribution >= 4 is 11.8 Å². The van der Waals surface area contributed by atoms with Crippen molar-refractivity contribution in [3.8, 4) is 11.5 Å². The van der Waals surface area contributed by atoms with E-state index in [1.54, 1.807) is 48.5 Å². The van der Waals surface area contributed by atoms with E-state index >= 15 is 0 Å². The maximum Gasteiger partial charge on any atom is 0.308 e. The van der Waals surface area contributed by atoms with Crippen LogP contribution in [0.5, 0.6) is 11.5 Å². The van der Waals surface area contributed by atoms with Crippen LogP contribution in [0.3, 0.4) is 0 Å². The average Bonchev–Trinajstić information content (AvgIpc) is 2.47. The molecule has 4 nitrogen and oxygen atoms in total. The maximum absolute atomic E-state index is 12.4. The van der Waals surface area contributed by atoms with Gasteiger partial charge in [-0.05, 0) is 62.4 Å². The van der Waals surface area contributed by atoms with Crippen molar-refractivity contribution in [2.24, 2.45) is 0 Å². The van der Waals surface area contributed by atoms with Crippen LogP contribution in [0.15, 0.2) is 48.5 Å². The number of rotatable bonds is 5. The van der Waals surface area contributed by atoms with Gasteiger partial charge in [-0.2, -0.15) is 0 Å². The lowest BCUT2D eigenvalue weighted by Crippen LogP contribution is -2.06. The molecule has 0 saturated carbocycles. The fourth-order valence-electron chi connectivity index (χ4n) is 1.96. The zero-order valence-electron chi connectivity index (χ0n) is 12.8. The van der Waals surface area contributed by atoms with Crippen LogP contribution in [0, 0.1) is 0 Å². The van der Waals surface area contributed by atoms with Gasteiger partial charge in [0, 0.05) is 18.1 Å². The molecule has 0 saturated heterocycles. The van der Waals surface area contributed by atoms with Crippen molar-refractivity contribution in [2.75, 3.05) is 0 Å². The van der Waals surface area contributed by atoms with Gasteiger partial charge >= 0.3 is 5.97 Å². The molecule has 0 aliphatic carbocycles. The van der Waals surface area contributed by atoms with Crippen LogP contribution in [-0.4, -0.2) is 17.9 Å². The number of ketones is 1. The molecule has 0 fully saturated rings. The van der Waals surface area contributed by atoms with E-state index in [1.165, 1.54) is 6.92 Å². The molecule has 22 heavy (non-hydrogen) atoms. The van der Waals surface area contributed by atoms with Crippen LogP contribution >= 0.6 is 0 Å². The maximum atomic E-state index is 12.4. The summed E-state index contributed by atoms with van der Waals surface area (Å²) in [6, 6.07) is 13.5. The van der Waals surface area contributed by atoms with Gasteiger partial charge in [-0.3, -0.25) is 9.59 Å². The summed E-state index contributed by atoms with van der Waals surface area (Å²) in [6.45, 7) is 5.23. The Morgan fingerprint density at radius 1 is 0.818 bits per heavy atom. The molecule has 2 rings (SSSR count). The zero-order chi connectivity index (χ0) is 16.1. The van der Waals surface area contributed by atoms with E-state index in [2.05, 4.69) is 0 Å². The summed E-state index contributed by atoms with van der Waals surface area (Å²) in [6.07, 6.45) is 0.0929. The molecule has 0 aromatic heterocycles. The first kappa shape index (κ1) is 15.8. The first-order chi connectivity index (χ1) is 10.5. The van der Waals surface area contributed by atoms with E-state index in [0.717, 1.165) is 5.75 Å². The van der Waals surface area contributed by atoms with E-state index in [4.69, 9.17) is 9.47 Å². The molecule has 114 valence electrons. The van der Waals surface area contributed by atoms with Gasteiger partial charge in [0.25, 0.3) is 0 Å². The van der Waals surface area contributed by atoms with E-state index in [1.807, 2.05) is 13.8 Å². The fourth-order valence-corrected chi connectivity index (χ4v) is 1.96. The number of carbonyl (C=O) groups is 2. The van der Waals surface area contributed by atoms with Crippen molar-refractivity contribution < 1.29 is 19.1 Å². The van der Waals surface area contributed by atoms with Gasteiger partial charge in [-0.25, -0.2) is 0 Å². The minimum Gasteiger partial charge on any atom is -0.491 e. The highest BCUT2D eigenvalue weighted by Crippen LogP contribution is 2.18. The second kappa shape index (κ2) is 6.89. The van der Waals surface area contributed by atoms with Crippen molar-refractivity contribution in [1.29, 1.82) is 0 Å². The molecular weight excluding hydrogens is 280 g/mol. The van der Waals surface area contributed by atoms with Gasteiger partial charge in [0.2, 0.25) is 0 Å². The minimum absolute atomic E-state index is 0.0922. The number of esters is 1. The van der Waals surface area contributed by atoms with E-state index in [9.17, 15) is 9.59 Å². The normalized spacial score (nSPS) is 10.4. The molecule has 0 aliphatic rings. The summed E-state index contributed by atoms with van der Waals surface area (Å²) >= 11 is 0. The lowest BCUT2D eigenvalue weighted by Gasteiger charge is -2.10. The molecule has 0 atom stereocenters. The Morgan fingerprint density at radius 3 is 1.68 bits per heavy atom. The molecule has 0 N–H and O–H groups in total. The Bertz CT molecular complexity index is 654. The smallest absolute Gasteiger partial charge is 0.308 e. The highest BCUT2D eigenvalue weighted by molar-refractivity contribution is 6.09. The molecule has 0 unspecified atom stereocenters. The highest BCUT2D eigenvalue weighted by Gasteiger charge is 2.10. The number of hydrogen-bond donors (Lipinski definition) is 0. The zero-order valence-corrected chi connectivity index (χ0v) is 12.8. The Labute approximate surface area is 129 Å². The Morgan fingerprint density at radius 2 is 1.27 bits per heavy atom. The van der Waals surface area contributed by atoms with Gasteiger partial charge in [0.15, 0.2) is 5.78 Å². The lowest BCUT2D eigenvalue weighted by atomic mass is 10.0. The largest absolute Gasteiger partial charge is 0.491 e. The predicted molar refractivity (Wildman–Crippen MR) is 83.4 cm³/mol. The third kappa shape index (κ3) is 4.19. The minimum atomic E-state index is -0.389. The first-order valence-electron chi connectivity index (χ1n) is 7.05. The SMILES string of the molecule is CC(=O)Oc1ccc(C(=O)c2ccc(OC(C)C)cc2)cc1. The number of ether oxygens (including phenoxy) is 2. The van der Waals surface area contributed by atoms with Crippen molar-refractivity contribution in [3.05, 3.63) is 59.7 Å². The number of benzene rings is 2. The van der Waals surface area contributed by atoms with Gasteiger partial charge in [-0.1, -0.05) is 0 Å². The monoisotopic (exact) mass is 298 g/mol. The Kier molecular flexibility index (Phi) is 4.94. The molecule has 2 aromatic rings. The van der Waals surface area contributed by atoms with Crippen LogP contribution in [0.25, 0.3) is 0 Å². The van der Waals surface area contributed by atoms with Gasteiger partial charge in [0.1, 0.15) is 11.5 Å². The summed E-state index contributed by atoms with van der Waals surface area (Å²) in [5.74, 6) is 0.673. The van der Waals surface area contributed by atoms with Crippen molar-refractivity contribution in [1.82, 2.24) is 0 Å². The second-order valence-corrected chi connectivity index (χ2v) is 5.14. The van der Waals surface area contributed by atoms with Crippen LogP contribution < -0.4 is 9.47 Å². The second-order valence-electron chi connectivity index (χ2n) is 5.14. The van der Waals surface area contributed by atoms with E-state index < -0.39 is 0 Å². The molecule has 2 aromatic carbocycles. The quantitative estimate of drug-likeness (QED) is 0.480. The summed E-state index contributed by atoms with van der Waals surface area (Å²) < 4.78 is 10.5. The van der Waals surface area contributed by atoms with E-state index in [-0.39, 0.29) is 17.9 Å². The van der Waals surface area contributed by atoms with Gasteiger partial charge in [-0.15, -0.1) is 0 Å². The first-order valence-corrected chi connectivity index (χ1v) is 7.05. The lowest BCUT2D eigenvalue weighted by molar-refractivity contribution is -0.131.